The minimum Gasteiger partial charge on any atom is -0.465 e. The zero-order valence-electron chi connectivity index (χ0n) is 15.7. The number of para-hydroxylation sites is 2. The number of carbonyl (C=O) groups excluding carboxylic acids is 1. The van der Waals surface area contributed by atoms with E-state index in [9.17, 15) is 14.7 Å². The SMILES string of the molecule is CC(C)(C)N(C(=O)O)C1(C(=O)N2CCN(C3CC3)c3ccccc32)CC1. The second-order valence-corrected chi connectivity index (χ2v) is 8.69. The maximum atomic E-state index is 13.5. The number of rotatable bonds is 3. The highest BCUT2D eigenvalue weighted by atomic mass is 16.4. The largest absolute Gasteiger partial charge is 0.465 e. The molecule has 0 aromatic heterocycles. The van der Waals surface area contributed by atoms with Crippen LogP contribution in [0.3, 0.4) is 0 Å². The van der Waals surface area contributed by atoms with Gasteiger partial charge in [-0.25, -0.2) is 4.79 Å². The molecule has 1 aliphatic heterocycles. The van der Waals surface area contributed by atoms with E-state index in [1.54, 1.807) is 0 Å². The van der Waals surface area contributed by atoms with Crippen molar-refractivity contribution in [3.05, 3.63) is 24.3 Å². The summed E-state index contributed by atoms with van der Waals surface area (Å²) >= 11 is 0. The molecule has 4 rings (SSSR count). The monoisotopic (exact) mass is 357 g/mol. The molecule has 2 amide bonds. The van der Waals surface area contributed by atoms with E-state index in [1.807, 2.05) is 43.9 Å². The maximum absolute atomic E-state index is 13.5. The van der Waals surface area contributed by atoms with E-state index in [0.717, 1.165) is 17.9 Å². The molecule has 0 bridgehead atoms. The molecule has 2 fully saturated rings. The number of nitrogens with zero attached hydrogens (tertiary/aromatic N) is 3. The van der Waals surface area contributed by atoms with Crippen molar-refractivity contribution in [2.75, 3.05) is 22.9 Å². The van der Waals surface area contributed by atoms with Crippen molar-refractivity contribution >= 4 is 23.4 Å². The Morgan fingerprint density at radius 2 is 1.73 bits per heavy atom. The van der Waals surface area contributed by atoms with Crippen LogP contribution in [0.5, 0.6) is 0 Å². The van der Waals surface area contributed by atoms with Crippen LogP contribution >= 0.6 is 0 Å². The standard InChI is InChI=1S/C20H27N3O3/c1-19(2,3)23(18(25)26)20(10-11-20)17(24)22-13-12-21(14-8-9-14)15-6-4-5-7-16(15)22/h4-7,14H,8-13H2,1-3H3,(H,25,26). The zero-order chi connectivity index (χ0) is 18.7. The minimum atomic E-state index is -1.02. The maximum Gasteiger partial charge on any atom is 0.408 e. The van der Waals surface area contributed by atoms with E-state index >= 15 is 0 Å². The number of carboxylic acid groups (broad SMARTS) is 1. The zero-order valence-corrected chi connectivity index (χ0v) is 15.7. The van der Waals surface area contributed by atoms with E-state index in [0.29, 0.717) is 25.4 Å². The number of anilines is 2. The van der Waals surface area contributed by atoms with Gasteiger partial charge in [-0.1, -0.05) is 12.1 Å². The van der Waals surface area contributed by atoms with Gasteiger partial charge in [0.05, 0.1) is 11.4 Å². The highest BCUT2D eigenvalue weighted by Gasteiger charge is 2.61. The summed E-state index contributed by atoms with van der Waals surface area (Å²) in [6.07, 6.45) is 2.60. The van der Waals surface area contributed by atoms with E-state index < -0.39 is 17.2 Å². The molecule has 1 N–H and O–H groups in total. The summed E-state index contributed by atoms with van der Waals surface area (Å²) in [5, 5.41) is 9.80. The van der Waals surface area contributed by atoms with Gasteiger partial charge in [0, 0.05) is 24.7 Å². The van der Waals surface area contributed by atoms with Crippen LogP contribution < -0.4 is 9.80 Å². The average Bonchev–Trinajstić information content (AvgIpc) is 3.46. The van der Waals surface area contributed by atoms with Gasteiger partial charge < -0.3 is 14.9 Å². The molecule has 1 aromatic rings. The minimum absolute atomic E-state index is 0.0716. The number of amides is 2. The van der Waals surface area contributed by atoms with E-state index in [2.05, 4.69) is 11.0 Å². The molecule has 0 spiro atoms. The van der Waals surface area contributed by atoms with E-state index in [-0.39, 0.29) is 5.91 Å². The van der Waals surface area contributed by atoms with Crippen LogP contribution in [0.25, 0.3) is 0 Å². The van der Waals surface area contributed by atoms with Gasteiger partial charge in [0.1, 0.15) is 5.54 Å². The van der Waals surface area contributed by atoms with Gasteiger partial charge in [0.25, 0.3) is 5.91 Å². The number of hydrogen-bond acceptors (Lipinski definition) is 3. The number of fused-ring (bicyclic) bond motifs is 1. The third-order valence-electron chi connectivity index (χ3n) is 5.69. The van der Waals surface area contributed by atoms with Crippen LogP contribution in [0, 0.1) is 0 Å². The van der Waals surface area contributed by atoms with Crippen molar-refractivity contribution in [3.63, 3.8) is 0 Å². The van der Waals surface area contributed by atoms with Crippen molar-refractivity contribution < 1.29 is 14.7 Å². The first-order valence-electron chi connectivity index (χ1n) is 9.47. The second-order valence-electron chi connectivity index (χ2n) is 8.69. The Bertz CT molecular complexity index is 747. The Labute approximate surface area is 154 Å². The lowest BCUT2D eigenvalue weighted by Crippen LogP contribution is -2.60. The topological polar surface area (TPSA) is 64.1 Å². The first kappa shape index (κ1) is 17.2. The van der Waals surface area contributed by atoms with Crippen molar-refractivity contribution in [1.29, 1.82) is 0 Å². The second kappa shape index (κ2) is 5.63. The fourth-order valence-corrected chi connectivity index (χ4v) is 4.38. The molecular formula is C20H27N3O3. The Morgan fingerprint density at radius 3 is 2.23 bits per heavy atom. The summed E-state index contributed by atoms with van der Waals surface area (Å²) < 4.78 is 0. The lowest BCUT2D eigenvalue weighted by Gasteiger charge is -2.44. The molecule has 2 saturated carbocycles. The smallest absolute Gasteiger partial charge is 0.408 e. The molecule has 26 heavy (non-hydrogen) atoms. The molecule has 1 heterocycles. The molecule has 1 aromatic carbocycles. The normalized spacial score (nSPS) is 21.2. The summed E-state index contributed by atoms with van der Waals surface area (Å²) in [4.78, 5) is 31.1. The Balaban J connectivity index is 1.68. The predicted molar refractivity (Wildman–Crippen MR) is 101 cm³/mol. The average molecular weight is 357 g/mol. The van der Waals surface area contributed by atoms with Gasteiger partial charge in [-0.15, -0.1) is 0 Å². The van der Waals surface area contributed by atoms with Gasteiger partial charge >= 0.3 is 6.09 Å². The fourth-order valence-electron chi connectivity index (χ4n) is 4.38. The van der Waals surface area contributed by atoms with Gasteiger partial charge in [-0.2, -0.15) is 0 Å². The van der Waals surface area contributed by atoms with Crippen molar-refractivity contribution in [2.24, 2.45) is 0 Å². The van der Waals surface area contributed by atoms with Crippen LogP contribution in [0.15, 0.2) is 24.3 Å². The van der Waals surface area contributed by atoms with Gasteiger partial charge in [-0.3, -0.25) is 9.69 Å². The fraction of sp³-hybridized carbons (Fsp3) is 0.600. The first-order chi connectivity index (χ1) is 12.3. The van der Waals surface area contributed by atoms with Gasteiger partial charge in [-0.05, 0) is 58.6 Å². The summed E-state index contributed by atoms with van der Waals surface area (Å²) in [6, 6.07) is 8.61. The molecule has 6 nitrogen and oxygen atoms in total. The van der Waals surface area contributed by atoms with Crippen LogP contribution in [0.2, 0.25) is 0 Å². The third kappa shape index (κ3) is 2.63. The number of carbonyl (C=O) groups is 2. The van der Waals surface area contributed by atoms with Crippen molar-refractivity contribution in [2.45, 2.75) is 63.6 Å². The summed E-state index contributed by atoms with van der Waals surface area (Å²) in [6.45, 7) is 6.99. The molecule has 0 radical (unpaired) electrons. The Morgan fingerprint density at radius 1 is 1.12 bits per heavy atom. The van der Waals surface area contributed by atoms with Gasteiger partial charge in [0.15, 0.2) is 0 Å². The predicted octanol–water partition coefficient (Wildman–Crippen LogP) is 3.31. The van der Waals surface area contributed by atoms with Crippen LogP contribution in [-0.2, 0) is 4.79 Å². The molecule has 0 atom stereocenters. The molecule has 0 saturated heterocycles. The molecular weight excluding hydrogens is 330 g/mol. The van der Waals surface area contributed by atoms with Crippen LogP contribution in [-0.4, -0.2) is 52.2 Å². The number of hydrogen-bond donors (Lipinski definition) is 1. The number of benzene rings is 1. The molecule has 140 valence electrons. The third-order valence-corrected chi connectivity index (χ3v) is 5.69. The van der Waals surface area contributed by atoms with Crippen molar-refractivity contribution in [1.82, 2.24) is 4.90 Å². The van der Waals surface area contributed by atoms with E-state index in [1.165, 1.54) is 17.7 Å². The summed E-state index contributed by atoms with van der Waals surface area (Å²) in [7, 11) is 0. The van der Waals surface area contributed by atoms with Crippen LogP contribution in [0.1, 0.15) is 46.5 Å². The molecule has 6 heteroatoms. The molecule has 2 aliphatic carbocycles. The highest BCUT2D eigenvalue weighted by molar-refractivity contribution is 6.06. The summed E-state index contributed by atoms with van der Waals surface area (Å²) in [5.74, 6) is -0.0716. The lowest BCUT2D eigenvalue weighted by molar-refractivity contribution is -0.126. The first-order valence-corrected chi connectivity index (χ1v) is 9.47. The Hall–Kier alpha value is -2.24. The van der Waals surface area contributed by atoms with Gasteiger partial charge in [0.2, 0.25) is 0 Å². The highest BCUT2D eigenvalue weighted by Crippen LogP contribution is 2.49. The van der Waals surface area contributed by atoms with Crippen molar-refractivity contribution in [3.8, 4) is 0 Å². The Kier molecular flexibility index (Phi) is 3.72. The molecule has 0 unspecified atom stereocenters. The van der Waals surface area contributed by atoms with E-state index in [4.69, 9.17) is 0 Å². The molecule has 3 aliphatic rings. The lowest BCUT2D eigenvalue weighted by atomic mass is 10.0. The van der Waals surface area contributed by atoms with Crippen LogP contribution in [0.4, 0.5) is 16.2 Å². The summed E-state index contributed by atoms with van der Waals surface area (Å²) in [5.41, 5.74) is 0.482. The quantitative estimate of drug-likeness (QED) is 0.901.